The number of benzene rings is 2. The molecule has 1 N–H and O–H groups in total. The summed E-state index contributed by atoms with van der Waals surface area (Å²) >= 11 is 3.45. The van der Waals surface area contributed by atoms with Gasteiger partial charge in [0.15, 0.2) is 5.65 Å². The minimum absolute atomic E-state index is 0.221. The zero-order chi connectivity index (χ0) is 22.1. The Hall–Kier alpha value is -3.84. The van der Waals surface area contributed by atoms with E-state index < -0.39 is 0 Å². The molecule has 7 heteroatoms. The number of carbonyl (C=O) groups excluding carboxylic acids is 1. The molecule has 0 aliphatic carbocycles. The van der Waals surface area contributed by atoms with E-state index in [4.69, 9.17) is 10.1 Å². The first-order chi connectivity index (χ1) is 15.6. The Morgan fingerprint density at radius 2 is 1.75 bits per heavy atom. The van der Waals surface area contributed by atoms with E-state index in [0.717, 1.165) is 26.8 Å². The smallest absolute Gasteiger partial charge is 0.256 e. The van der Waals surface area contributed by atoms with Crippen LogP contribution in [-0.4, -0.2) is 25.7 Å². The third kappa shape index (κ3) is 3.78. The van der Waals surface area contributed by atoms with Crippen molar-refractivity contribution in [3.05, 3.63) is 101 Å². The van der Waals surface area contributed by atoms with E-state index in [-0.39, 0.29) is 5.91 Å². The molecule has 5 aromatic rings. The van der Waals surface area contributed by atoms with Crippen LogP contribution in [0.15, 0.2) is 89.7 Å². The molecule has 0 saturated carbocycles. The predicted molar refractivity (Wildman–Crippen MR) is 129 cm³/mol. The van der Waals surface area contributed by atoms with Gasteiger partial charge in [0.25, 0.3) is 5.91 Å². The van der Waals surface area contributed by atoms with Gasteiger partial charge < -0.3 is 5.32 Å². The van der Waals surface area contributed by atoms with Crippen LogP contribution >= 0.6 is 15.9 Å². The first kappa shape index (κ1) is 20.1. The van der Waals surface area contributed by atoms with Crippen molar-refractivity contribution in [2.75, 3.05) is 5.32 Å². The van der Waals surface area contributed by atoms with Gasteiger partial charge >= 0.3 is 0 Å². The third-order valence-electron chi connectivity index (χ3n) is 5.12. The number of amides is 1. The number of para-hydroxylation sites is 1. The molecule has 3 heterocycles. The number of aromatic nitrogens is 4. The lowest BCUT2D eigenvalue weighted by Crippen LogP contribution is -2.13. The molecule has 0 aliphatic rings. The summed E-state index contributed by atoms with van der Waals surface area (Å²) in [6, 6.07) is 22.9. The molecule has 0 unspecified atom stereocenters. The lowest BCUT2D eigenvalue weighted by Gasteiger charge is -2.10. The number of fused-ring (bicyclic) bond motifs is 1. The Bertz CT molecular complexity index is 1430. The number of pyridine rings is 2. The van der Waals surface area contributed by atoms with Gasteiger partial charge in [-0.15, -0.1) is 0 Å². The molecule has 32 heavy (non-hydrogen) atoms. The first-order valence-corrected chi connectivity index (χ1v) is 10.8. The minimum atomic E-state index is -0.221. The average molecular weight is 484 g/mol. The predicted octanol–water partition coefficient (Wildman–Crippen LogP) is 5.81. The fraction of sp³-hybridized carbons (Fsp3) is 0.0400. The highest BCUT2D eigenvalue weighted by atomic mass is 79.9. The zero-order valence-corrected chi connectivity index (χ0v) is 18.7. The number of nitrogens with one attached hydrogen (secondary N) is 1. The van der Waals surface area contributed by atoms with Crippen LogP contribution in [0.4, 0.5) is 5.69 Å². The van der Waals surface area contributed by atoms with Crippen molar-refractivity contribution in [3.8, 4) is 16.9 Å². The fourth-order valence-electron chi connectivity index (χ4n) is 3.65. The van der Waals surface area contributed by atoms with Crippen molar-refractivity contribution in [1.29, 1.82) is 0 Å². The van der Waals surface area contributed by atoms with Gasteiger partial charge in [-0.2, -0.15) is 5.10 Å². The quantitative estimate of drug-likeness (QED) is 0.350. The monoisotopic (exact) mass is 483 g/mol. The highest BCUT2D eigenvalue weighted by molar-refractivity contribution is 9.10. The van der Waals surface area contributed by atoms with Gasteiger partial charge in [0.05, 0.1) is 28.0 Å². The lowest BCUT2D eigenvalue weighted by molar-refractivity contribution is 0.102. The van der Waals surface area contributed by atoms with Gasteiger partial charge in [-0.1, -0.05) is 40.2 Å². The molecule has 2 aromatic carbocycles. The Balaban J connectivity index is 1.72. The van der Waals surface area contributed by atoms with Gasteiger partial charge in [0, 0.05) is 28.1 Å². The summed E-state index contributed by atoms with van der Waals surface area (Å²) in [5.74, 6) is -0.221. The van der Waals surface area contributed by atoms with E-state index in [1.165, 1.54) is 0 Å². The van der Waals surface area contributed by atoms with Gasteiger partial charge in [-0.25, -0.2) is 9.67 Å². The molecule has 0 radical (unpaired) electrons. The van der Waals surface area contributed by atoms with Crippen molar-refractivity contribution in [1.82, 2.24) is 19.7 Å². The van der Waals surface area contributed by atoms with Crippen molar-refractivity contribution in [2.24, 2.45) is 0 Å². The Morgan fingerprint density at radius 3 is 2.50 bits per heavy atom. The second-order valence-corrected chi connectivity index (χ2v) is 8.20. The highest BCUT2D eigenvalue weighted by Crippen LogP contribution is 2.29. The van der Waals surface area contributed by atoms with Crippen LogP contribution in [0.5, 0.6) is 0 Å². The molecular formula is C25H18BrN5O. The van der Waals surface area contributed by atoms with Crippen molar-refractivity contribution in [3.63, 3.8) is 0 Å². The standard InChI is InChI=1S/C25H18BrN5O/c1-16-23-21(25(32)28-19-7-5-6-18(26)14-19)15-22(17-10-12-27-13-11-17)29-24(23)31(30-16)20-8-3-2-4-9-20/h2-15H,1H3,(H,28,32). The van der Waals surface area contributed by atoms with Crippen LogP contribution in [0.2, 0.25) is 0 Å². The number of aryl methyl sites for hydroxylation is 1. The Kier molecular flexibility index (Phi) is 5.25. The topological polar surface area (TPSA) is 72.7 Å². The maximum Gasteiger partial charge on any atom is 0.256 e. The Labute approximate surface area is 193 Å². The maximum atomic E-state index is 13.4. The number of halogens is 1. The summed E-state index contributed by atoms with van der Waals surface area (Å²) in [7, 11) is 0. The number of rotatable bonds is 4. The summed E-state index contributed by atoms with van der Waals surface area (Å²) in [6.07, 6.45) is 3.42. The molecule has 0 fully saturated rings. The molecule has 0 aliphatic heterocycles. The number of anilines is 1. The zero-order valence-electron chi connectivity index (χ0n) is 17.2. The van der Waals surface area contributed by atoms with Gasteiger partial charge in [0.2, 0.25) is 0 Å². The molecule has 0 spiro atoms. The van der Waals surface area contributed by atoms with Crippen LogP contribution < -0.4 is 5.32 Å². The summed E-state index contributed by atoms with van der Waals surface area (Å²) in [5, 5.41) is 8.43. The fourth-order valence-corrected chi connectivity index (χ4v) is 4.05. The number of hydrogen-bond acceptors (Lipinski definition) is 4. The van der Waals surface area contributed by atoms with E-state index in [2.05, 4.69) is 26.2 Å². The molecule has 3 aromatic heterocycles. The lowest BCUT2D eigenvalue weighted by atomic mass is 10.1. The summed E-state index contributed by atoms with van der Waals surface area (Å²) in [4.78, 5) is 22.4. The highest BCUT2D eigenvalue weighted by Gasteiger charge is 2.21. The molecule has 1 amide bonds. The summed E-state index contributed by atoms with van der Waals surface area (Å²) < 4.78 is 2.67. The maximum absolute atomic E-state index is 13.4. The SMILES string of the molecule is Cc1nn(-c2ccccc2)c2nc(-c3ccncc3)cc(C(=O)Nc3cccc(Br)c3)c12. The molecule has 0 saturated heterocycles. The molecule has 5 rings (SSSR count). The Morgan fingerprint density at radius 1 is 0.969 bits per heavy atom. The van der Waals surface area contributed by atoms with Crippen molar-refractivity contribution < 1.29 is 4.79 Å². The van der Waals surface area contributed by atoms with E-state index in [9.17, 15) is 4.79 Å². The minimum Gasteiger partial charge on any atom is -0.322 e. The molecule has 0 bridgehead atoms. The van der Waals surface area contributed by atoms with Gasteiger partial charge in [0.1, 0.15) is 0 Å². The number of hydrogen-bond donors (Lipinski definition) is 1. The summed E-state index contributed by atoms with van der Waals surface area (Å²) in [5.41, 5.74) is 5.00. The van der Waals surface area contributed by atoms with Crippen LogP contribution in [0, 0.1) is 6.92 Å². The molecular weight excluding hydrogens is 466 g/mol. The van der Waals surface area contributed by atoms with Crippen molar-refractivity contribution in [2.45, 2.75) is 6.92 Å². The van der Waals surface area contributed by atoms with Gasteiger partial charge in [-0.3, -0.25) is 9.78 Å². The van der Waals surface area contributed by atoms with E-state index in [1.54, 1.807) is 17.1 Å². The van der Waals surface area contributed by atoms with Crippen LogP contribution in [0.1, 0.15) is 16.1 Å². The normalized spacial score (nSPS) is 10.9. The van der Waals surface area contributed by atoms with Crippen molar-refractivity contribution >= 4 is 38.6 Å². The van der Waals surface area contributed by atoms with Gasteiger partial charge in [-0.05, 0) is 55.5 Å². The van der Waals surface area contributed by atoms with Crippen LogP contribution in [0.3, 0.4) is 0 Å². The third-order valence-corrected chi connectivity index (χ3v) is 5.61. The number of nitrogens with zero attached hydrogens (tertiary/aromatic N) is 4. The van der Waals surface area contributed by atoms with Crippen LogP contribution in [0.25, 0.3) is 28.0 Å². The number of carbonyl (C=O) groups is 1. The van der Waals surface area contributed by atoms with E-state index >= 15 is 0 Å². The molecule has 6 nitrogen and oxygen atoms in total. The average Bonchev–Trinajstić information content (AvgIpc) is 3.16. The first-order valence-electron chi connectivity index (χ1n) is 10.0. The molecule has 156 valence electrons. The second kappa shape index (κ2) is 8.36. The summed E-state index contributed by atoms with van der Waals surface area (Å²) in [6.45, 7) is 1.89. The van der Waals surface area contributed by atoms with E-state index in [0.29, 0.717) is 22.6 Å². The largest absolute Gasteiger partial charge is 0.322 e. The molecule has 0 atom stereocenters. The van der Waals surface area contributed by atoms with Crippen LogP contribution in [-0.2, 0) is 0 Å². The van der Waals surface area contributed by atoms with E-state index in [1.807, 2.05) is 79.7 Å². The second-order valence-electron chi connectivity index (χ2n) is 7.29.